The van der Waals surface area contributed by atoms with E-state index in [9.17, 15) is 0 Å². The molecule has 0 unspecified atom stereocenters. The molecular formula is C16H20N6. The second-order valence-electron chi connectivity index (χ2n) is 4.57. The summed E-state index contributed by atoms with van der Waals surface area (Å²) in [6.07, 6.45) is 5.79. The van der Waals surface area contributed by atoms with E-state index < -0.39 is 0 Å². The molecule has 0 bridgehead atoms. The van der Waals surface area contributed by atoms with Crippen LogP contribution in [0.2, 0.25) is 0 Å². The van der Waals surface area contributed by atoms with E-state index >= 15 is 0 Å². The van der Waals surface area contributed by atoms with Gasteiger partial charge in [-0.3, -0.25) is 10.8 Å². The lowest BCUT2D eigenvalue weighted by Gasteiger charge is -2.11. The number of nitrogens with two attached hydrogens (primary N) is 3. The van der Waals surface area contributed by atoms with Gasteiger partial charge < -0.3 is 17.2 Å². The molecule has 0 fully saturated rings. The Bertz CT molecular complexity index is 691. The van der Waals surface area contributed by atoms with Crippen molar-refractivity contribution in [3.8, 4) is 0 Å². The van der Waals surface area contributed by atoms with Gasteiger partial charge in [0.1, 0.15) is 12.2 Å². The molecule has 0 saturated carbocycles. The minimum atomic E-state index is 0.184. The summed E-state index contributed by atoms with van der Waals surface area (Å²) in [4.78, 5) is 3.72. The third-order valence-electron chi connectivity index (χ3n) is 2.79. The smallest absolute Gasteiger partial charge is 0.132 e. The summed E-state index contributed by atoms with van der Waals surface area (Å²) in [6.45, 7) is 5.37. The molecule has 0 amide bonds. The summed E-state index contributed by atoms with van der Waals surface area (Å²) >= 11 is 0. The van der Waals surface area contributed by atoms with E-state index in [0.29, 0.717) is 28.1 Å². The van der Waals surface area contributed by atoms with E-state index in [1.165, 1.54) is 0 Å². The summed E-state index contributed by atoms with van der Waals surface area (Å²) < 4.78 is 0. The number of benzene rings is 1. The van der Waals surface area contributed by atoms with Crippen molar-refractivity contribution in [3.05, 3.63) is 65.4 Å². The first-order valence-electron chi connectivity index (χ1n) is 6.48. The van der Waals surface area contributed by atoms with Crippen LogP contribution >= 0.6 is 0 Å². The lowest BCUT2D eigenvalue weighted by atomic mass is 9.97. The lowest BCUT2D eigenvalue weighted by Crippen LogP contribution is -2.15. The molecule has 1 aromatic rings. The van der Waals surface area contributed by atoms with E-state index in [1.54, 1.807) is 43.4 Å². The number of nitrogen functional groups attached to an aromatic ring is 1. The third-order valence-corrected chi connectivity index (χ3v) is 2.79. The van der Waals surface area contributed by atoms with Crippen molar-refractivity contribution < 1.29 is 0 Å². The summed E-state index contributed by atoms with van der Waals surface area (Å²) in [6, 6.07) is 5.00. The van der Waals surface area contributed by atoms with Gasteiger partial charge in [0.2, 0.25) is 0 Å². The fourth-order valence-electron chi connectivity index (χ4n) is 1.81. The number of hydrogen-bond donors (Lipinski definition) is 5. The molecule has 0 saturated heterocycles. The molecule has 0 heterocycles. The van der Waals surface area contributed by atoms with Crippen LogP contribution in [0.1, 0.15) is 18.1 Å². The number of hydrogen-bond acceptors (Lipinski definition) is 4. The standard InChI is InChI=1S/C16H20N6/c1-3-4-11(7-10(2)18)15(20)13-8-12(5-6-14(13)19)16(21)22-9-17/h3-9,20H,1,18-19H2,2H3,(H3,17,21,22)/b10-7+,11-4+,20-15?. The van der Waals surface area contributed by atoms with E-state index in [-0.39, 0.29) is 11.5 Å². The van der Waals surface area contributed by atoms with E-state index in [2.05, 4.69) is 11.6 Å². The first-order chi connectivity index (χ1) is 10.4. The Labute approximate surface area is 129 Å². The van der Waals surface area contributed by atoms with Crippen molar-refractivity contribution in [1.29, 1.82) is 10.8 Å². The van der Waals surface area contributed by atoms with Gasteiger partial charge in [0.25, 0.3) is 0 Å². The van der Waals surface area contributed by atoms with Gasteiger partial charge in [-0.05, 0) is 31.2 Å². The molecule has 0 atom stereocenters. The van der Waals surface area contributed by atoms with Crippen LogP contribution in [0, 0.1) is 10.8 Å². The molecule has 0 radical (unpaired) electrons. The Balaban J connectivity index is 3.38. The first kappa shape index (κ1) is 16.9. The molecule has 0 aromatic heterocycles. The summed E-state index contributed by atoms with van der Waals surface area (Å²) in [5, 5.41) is 15.3. The van der Waals surface area contributed by atoms with Gasteiger partial charge in [-0.1, -0.05) is 18.7 Å². The number of anilines is 1. The Morgan fingerprint density at radius 1 is 1.32 bits per heavy atom. The lowest BCUT2D eigenvalue weighted by molar-refractivity contribution is 1.30. The zero-order valence-electron chi connectivity index (χ0n) is 12.4. The molecule has 22 heavy (non-hydrogen) atoms. The maximum atomic E-state index is 8.34. The van der Waals surface area contributed by atoms with E-state index in [1.807, 2.05) is 0 Å². The zero-order valence-corrected chi connectivity index (χ0v) is 12.4. The normalized spacial score (nSPS) is 12.9. The van der Waals surface area contributed by atoms with Gasteiger partial charge >= 0.3 is 0 Å². The molecular weight excluding hydrogens is 276 g/mol. The number of rotatable bonds is 6. The van der Waals surface area contributed by atoms with Crippen molar-refractivity contribution in [2.24, 2.45) is 16.5 Å². The maximum Gasteiger partial charge on any atom is 0.132 e. The Morgan fingerprint density at radius 2 is 2.00 bits per heavy atom. The predicted octanol–water partition coefficient (Wildman–Crippen LogP) is 1.92. The number of aliphatic imine (C=N–C) groups is 1. The summed E-state index contributed by atoms with van der Waals surface area (Å²) in [7, 11) is 0. The van der Waals surface area contributed by atoms with Crippen molar-refractivity contribution in [1.82, 2.24) is 0 Å². The van der Waals surface area contributed by atoms with Crippen molar-refractivity contribution in [2.45, 2.75) is 6.92 Å². The quantitative estimate of drug-likeness (QED) is 0.237. The Kier molecular flexibility index (Phi) is 5.83. The number of nitrogens with one attached hydrogen (secondary N) is 2. The highest BCUT2D eigenvalue weighted by Gasteiger charge is 2.11. The van der Waals surface area contributed by atoms with Crippen LogP contribution < -0.4 is 17.2 Å². The Morgan fingerprint density at radius 3 is 2.55 bits per heavy atom. The molecule has 1 aromatic carbocycles. The molecule has 8 N–H and O–H groups in total. The minimum Gasteiger partial charge on any atom is -0.402 e. The van der Waals surface area contributed by atoms with Crippen LogP contribution in [0.4, 0.5) is 5.69 Å². The molecule has 114 valence electrons. The molecule has 0 aliphatic carbocycles. The van der Waals surface area contributed by atoms with E-state index in [4.69, 9.17) is 28.0 Å². The first-order valence-corrected chi connectivity index (χ1v) is 6.48. The molecule has 1 rings (SSSR count). The molecule has 0 aliphatic heterocycles. The Hall–Kier alpha value is -3.15. The monoisotopic (exact) mass is 296 g/mol. The van der Waals surface area contributed by atoms with Crippen LogP contribution in [-0.2, 0) is 0 Å². The molecule has 6 heteroatoms. The average Bonchev–Trinajstić information content (AvgIpc) is 2.46. The molecule has 0 spiro atoms. The predicted molar refractivity (Wildman–Crippen MR) is 93.4 cm³/mol. The van der Waals surface area contributed by atoms with Gasteiger partial charge in [-0.15, -0.1) is 0 Å². The zero-order chi connectivity index (χ0) is 16.7. The van der Waals surface area contributed by atoms with Gasteiger partial charge in [-0.2, -0.15) is 0 Å². The summed E-state index contributed by atoms with van der Waals surface area (Å²) in [5.41, 5.74) is 20.3. The largest absolute Gasteiger partial charge is 0.402 e. The fourth-order valence-corrected chi connectivity index (χ4v) is 1.81. The van der Waals surface area contributed by atoms with Crippen molar-refractivity contribution in [3.63, 3.8) is 0 Å². The summed E-state index contributed by atoms with van der Waals surface area (Å²) in [5.74, 6) is 0.184. The fraction of sp³-hybridized carbons (Fsp3) is 0.0625. The van der Waals surface area contributed by atoms with Gasteiger partial charge in [0, 0.05) is 28.1 Å². The highest BCUT2D eigenvalue weighted by atomic mass is 14.9. The van der Waals surface area contributed by atoms with Crippen molar-refractivity contribution in [2.75, 3.05) is 5.73 Å². The molecule has 6 nitrogen and oxygen atoms in total. The van der Waals surface area contributed by atoms with Crippen LogP contribution in [0.5, 0.6) is 0 Å². The third kappa shape index (κ3) is 4.17. The van der Waals surface area contributed by atoms with Crippen LogP contribution in [0.15, 0.2) is 59.3 Å². The second-order valence-corrected chi connectivity index (χ2v) is 4.57. The molecule has 0 aliphatic rings. The number of allylic oxidation sites excluding steroid dienone is 5. The SMILES string of the molecule is C=C/C=C(\C=C(/C)N)C(=N)c1cc(C(N)=NC=N)ccc1N. The van der Waals surface area contributed by atoms with Gasteiger partial charge in [-0.25, -0.2) is 4.99 Å². The number of amidine groups is 1. The van der Waals surface area contributed by atoms with Crippen LogP contribution in [-0.4, -0.2) is 17.9 Å². The van der Waals surface area contributed by atoms with E-state index in [0.717, 1.165) is 6.34 Å². The number of nitrogens with zero attached hydrogens (tertiary/aromatic N) is 1. The van der Waals surface area contributed by atoms with Gasteiger partial charge in [0.05, 0.1) is 5.71 Å². The maximum absolute atomic E-state index is 8.34. The highest BCUT2D eigenvalue weighted by molar-refractivity contribution is 6.16. The van der Waals surface area contributed by atoms with Crippen molar-refractivity contribution >= 4 is 23.6 Å². The minimum absolute atomic E-state index is 0.184. The van der Waals surface area contributed by atoms with Crippen LogP contribution in [0.3, 0.4) is 0 Å². The van der Waals surface area contributed by atoms with Crippen LogP contribution in [0.25, 0.3) is 0 Å². The second kappa shape index (κ2) is 7.58. The highest BCUT2D eigenvalue weighted by Crippen LogP contribution is 2.19. The average molecular weight is 296 g/mol. The topological polar surface area (TPSA) is 138 Å². The van der Waals surface area contributed by atoms with Gasteiger partial charge in [0.15, 0.2) is 0 Å².